The highest BCUT2D eigenvalue weighted by atomic mass is 16.6. The monoisotopic (exact) mass is 766 g/mol. The van der Waals surface area contributed by atoms with Crippen molar-refractivity contribution in [3.05, 3.63) is 154 Å². The van der Waals surface area contributed by atoms with Crippen LogP contribution in [0.25, 0.3) is 40.5 Å². The van der Waals surface area contributed by atoms with Gasteiger partial charge in [0.15, 0.2) is 16.9 Å². The van der Waals surface area contributed by atoms with Gasteiger partial charge in [0.2, 0.25) is 0 Å². The molecule has 286 valence electrons. The van der Waals surface area contributed by atoms with E-state index in [0.29, 0.717) is 33.9 Å². The molecule has 0 saturated carbocycles. The van der Waals surface area contributed by atoms with Crippen LogP contribution in [0, 0.1) is 0 Å². The first-order valence-electron chi connectivity index (χ1n) is 17.2. The van der Waals surface area contributed by atoms with Gasteiger partial charge in [-0.15, -0.1) is 0 Å². The fraction of sp³-hybridized carbons (Fsp3) is 0.0667. The van der Waals surface area contributed by atoms with Crippen molar-refractivity contribution in [2.75, 3.05) is 21.3 Å². The van der Waals surface area contributed by atoms with Gasteiger partial charge >= 0.3 is 17.9 Å². The van der Waals surface area contributed by atoms with Crippen LogP contribution in [0.1, 0.15) is 16.7 Å². The van der Waals surface area contributed by atoms with Crippen LogP contribution in [-0.2, 0) is 14.4 Å². The van der Waals surface area contributed by atoms with Gasteiger partial charge in [-0.1, -0.05) is 36.4 Å². The molecule has 0 spiro atoms. The number of ether oxygens (including phenoxy) is 6. The summed E-state index contributed by atoms with van der Waals surface area (Å²) in [6.07, 6.45) is 8.22. The Morgan fingerprint density at radius 3 is 1.46 bits per heavy atom. The minimum atomic E-state index is -0.800. The van der Waals surface area contributed by atoms with Gasteiger partial charge in [-0.2, -0.15) is 0 Å². The van der Waals surface area contributed by atoms with E-state index >= 15 is 0 Å². The SMILES string of the molecule is COc1ccc(/C=C/C(=O)Oc2cc(O)c3c(=O)cc(-c4ccc(OC(=O)/C=C/c5ccc(OC)cc5)c(OC(=O)/C=C/c5ccc(OC)cc5)c4)oc3c2)cc1. The Labute approximate surface area is 326 Å². The van der Waals surface area contributed by atoms with Crippen LogP contribution in [0.5, 0.6) is 40.2 Å². The summed E-state index contributed by atoms with van der Waals surface area (Å²) in [6.45, 7) is 0. The second kappa shape index (κ2) is 18.0. The third kappa shape index (κ3) is 10.2. The van der Waals surface area contributed by atoms with E-state index in [2.05, 4.69) is 0 Å². The molecule has 12 heteroatoms. The Morgan fingerprint density at radius 2 is 0.982 bits per heavy atom. The molecule has 0 amide bonds. The standard InChI is InChI=1S/C45H34O12/c1-51-32-14-4-28(5-15-32)10-21-42(48)54-35-25-36(46)45-37(47)27-39(55-41(45)26-35)31-13-20-38(56-43(49)22-11-29-6-16-33(52-2)17-7-29)40(24-31)57-44(50)23-12-30-8-18-34(53-3)19-9-30/h4-27,46H,1-3H3/b21-10+,22-11+,23-12+. The Kier molecular flexibility index (Phi) is 12.3. The summed E-state index contributed by atoms with van der Waals surface area (Å²) in [7, 11) is 4.64. The van der Waals surface area contributed by atoms with Crippen molar-refractivity contribution in [2.24, 2.45) is 0 Å². The average molecular weight is 767 g/mol. The molecule has 1 heterocycles. The third-order valence-electron chi connectivity index (χ3n) is 8.23. The van der Waals surface area contributed by atoms with E-state index in [-0.39, 0.29) is 39.5 Å². The summed E-state index contributed by atoms with van der Waals surface area (Å²) in [4.78, 5) is 51.8. The number of fused-ring (bicyclic) bond motifs is 1. The fourth-order valence-electron chi connectivity index (χ4n) is 5.34. The molecular formula is C45H34O12. The fourth-order valence-corrected chi connectivity index (χ4v) is 5.34. The largest absolute Gasteiger partial charge is 0.507 e. The van der Waals surface area contributed by atoms with Crippen molar-refractivity contribution in [3.8, 4) is 51.6 Å². The maximum atomic E-state index is 13.3. The molecule has 0 saturated heterocycles. The number of hydrogen-bond acceptors (Lipinski definition) is 12. The Morgan fingerprint density at radius 1 is 0.526 bits per heavy atom. The molecule has 0 aliphatic carbocycles. The summed E-state index contributed by atoms with van der Waals surface area (Å²) >= 11 is 0. The molecule has 6 aromatic rings. The van der Waals surface area contributed by atoms with Crippen LogP contribution < -0.4 is 33.8 Å². The lowest BCUT2D eigenvalue weighted by atomic mass is 10.1. The average Bonchev–Trinajstić information content (AvgIpc) is 3.22. The van der Waals surface area contributed by atoms with E-state index in [4.69, 9.17) is 32.8 Å². The molecular weight excluding hydrogens is 732 g/mol. The van der Waals surface area contributed by atoms with Gasteiger partial charge in [0.1, 0.15) is 45.5 Å². The van der Waals surface area contributed by atoms with Crippen LogP contribution in [0.3, 0.4) is 0 Å². The minimum absolute atomic E-state index is 0.00173. The molecule has 57 heavy (non-hydrogen) atoms. The number of carbonyl (C=O) groups is 3. The third-order valence-corrected chi connectivity index (χ3v) is 8.23. The predicted octanol–water partition coefficient (Wildman–Crippen LogP) is 8.05. The first kappa shape index (κ1) is 38.9. The van der Waals surface area contributed by atoms with E-state index in [1.165, 1.54) is 48.6 Å². The molecule has 0 atom stereocenters. The Hall–Kier alpha value is -7.86. The normalized spacial score (nSPS) is 11.2. The second-order valence-electron chi connectivity index (χ2n) is 12.0. The highest BCUT2D eigenvalue weighted by molar-refractivity contribution is 5.93. The quantitative estimate of drug-likeness (QED) is 0.0686. The maximum absolute atomic E-state index is 13.3. The molecule has 1 N–H and O–H groups in total. The van der Waals surface area contributed by atoms with E-state index in [1.807, 2.05) is 0 Å². The van der Waals surface area contributed by atoms with Crippen molar-refractivity contribution >= 4 is 47.1 Å². The molecule has 6 rings (SSSR count). The van der Waals surface area contributed by atoms with Gasteiger partial charge < -0.3 is 37.9 Å². The number of methoxy groups -OCH3 is 3. The van der Waals surface area contributed by atoms with Crippen molar-refractivity contribution in [1.29, 1.82) is 0 Å². The number of esters is 3. The highest BCUT2D eigenvalue weighted by Crippen LogP contribution is 2.36. The molecule has 0 aliphatic heterocycles. The molecule has 0 bridgehead atoms. The summed E-state index contributed by atoms with van der Waals surface area (Å²) in [6, 6.07) is 28.7. The summed E-state index contributed by atoms with van der Waals surface area (Å²) in [5.41, 5.74) is 1.65. The molecule has 5 aromatic carbocycles. The van der Waals surface area contributed by atoms with Gasteiger partial charge in [0, 0.05) is 42.0 Å². The number of rotatable bonds is 13. The Bertz CT molecular complexity index is 2560. The lowest BCUT2D eigenvalue weighted by Gasteiger charge is -2.11. The van der Waals surface area contributed by atoms with Crippen LogP contribution in [0.15, 0.2) is 137 Å². The summed E-state index contributed by atoms with van der Waals surface area (Å²) in [5.74, 6) is -1.20. The number of phenolic OH excluding ortho intramolecular Hbond substituents is 1. The minimum Gasteiger partial charge on any atom is -0.507 e. The molecule has 0 aliphatic rings. The lowest BCUT2D eigenvalue weighted by molar-refractivity contribution is -0.131. The summed E-state index contributed by atoms with van der Waals surface area (Å²) < 4.78 is 38.1. The zero-order valence-corrected chi connectivity index (χ0v) is 30.8. The molecule has 0 radical (unpaired) electrons. The number of phenols is 1. The van der Waals surface area contributed by atoms with Gasteiger partial charge in [0.05, 0.1) is 21.3 Å². The first-order valence-corrected chi connectivity index (χ1v) is 17.2. The Balaban J connectivity index is 1.27. The maximum Gasteiger partial charge on any atom is 0.336 e. The molecule has 0 unspecified atom stereocenters. The van der Waals surface area contributed by atoms with E-state index in [0.717, 1.165) is 12.1 Å². The van der Waals surface area contributed by atoms with Crippen molar-refractivity contribution in [3.63, 3.8) is 0 Å². The molecule has 12 nitrogen and oxygen atoms in total. The zero-order valence-electron chi connectivity index (χ0n) is 30.8. The number of benzene rings is 5. The van der Waals surface area contributed by atoms with E-state index < -0.39 is 29.1 Å². The van der Waals surface area contributed by atoms with Crippen LogP contribution in [0.2, 0.25) is 0 Å². The molecule has 1 aromatic heterocycles. The number of hydrogen-bond donors (Lipinski definition) is 1. The van der Waals surface area contributed by atoms with Gasteiger partial charge in [0.25, 0.3) is 0 Å². The van der Waals surface area contributed by atoms with Gasteiger partial charge in [-0.05, 0) is 89.5 Å². The van der Waals surface area contributed by atoms with E-state index in [1.54, 1.807) is 106 Å². The smallest absolute Gasteiger partial charge is 0.336 e. The topological polar surface area (TPSA) is 157 Å². The van der Waals surface area contributed by atoms with Crippen molar-refractivity contribution in [1.82, 2.24) is 0 Å². The van der Waals surface area contributed by atoms with Gasteiger partial charge in [-0.3, -0.25) is 4.79 Å². The van der Waals surface area contributed by atoms with Crippen molar-refractivity contribution < 1.29 is 52.3 Å². The number of aromatic hydroxyl groups is 1. The van der Waals surface area contributed by atoms with Crippen LogP contribution >= 0.6 is 0 Å². The summed E-state index contributed by atoms with van der Waals surface area (Å²) in [5, 5.41) is 10.6. The second-order valence-corrected chi connectivity index (χ2v) is 12.0. The van der Waals surface area contributed by atoms with E-state index in [9.17, 15) is 24.3 Å². The molecule has 0 fully saturated rings. The number of carbonyl (C=O) groups excluding carboxylic acids is 3. The van der Waals surface area contributed by atoms with Crippen LogP contribution in [-0.4, -0.2) is 44.3 Å². The van der Waals surface area contributed by atoms with Crippen molar-refractivity contribution in [2.45, 2.75) is 0 Å². The highest BCUT2D eigenvalue weighted by Gasteiger charge is 2.18. The lowest BCUT2D eigenvalue weighted by Crippen LogP contribution is -2.09. The van der Waals surface area contributed by atoms with Crippen LogP contribution in [0.4, 0.5) is 0 Å². The first-order chi connectivity index (χ1) is 27.6. The predicted molar refractivity (Wildman–Crippen MR) is 213 cm³/mol. The van der Waals surface area contributed by atoms with Gasteiger partial charge in [-0.25, -0.2) is 14.4 Å². The zero-order chi connectivity index (χ0) is 40.3.